The van der Waals surface area contributed by atoms with Crippen molar-refractivity contribution in [3.8, 4) is 0 Å². The van der Waals surface area contributed by atoms with E-state index in [2.05, 4.69) is 5.32 Å². The Morgan fingerprint density at radius 1 is 1.86 bits per heavy atom. The van der Waals surface area contributed by atoms with E-state index in [1.54, 1.807) is 7.05 Å². The van der Waals surface area contributed by atoms with Gasteiger partial charge in [0.25, 0.3) is 0 Å². The third-order valence-electron chi connectivity index (χ3n) is 0.749. The van der Waals surface area contributed by atoms with Gasteiger partial charge < -0.3 is 5.73 Å². The molecule has 0 rings (SSSR count). The number of carbonyl (C=O) groups is 1. The Kier molecular flexibility index (Phi) is 2.55. The highest BCUT2D eigenvalue weighted by Crippen LogP contribution is 1.68. The molecule has 1 atom stereocenters. The number of carbonyl (C=O) groups excluding carboxylic acids is 1. The number of rotatable bonds is 2. The van der Waals surface area contributed by atoms with Crippen LogP contribution < -0.4 is 11.1 Å². The van der Waals surface area contributed by atoms with Gasteiger partial charge in [-0.25, -0.2) is 0 Å². The highest BCUT2D eigenvalue weighted by Gasteiger charge is 2.00. The zero-order valence-corrected chi connectivity index (χ0v) is 4.56. The van der Waals surface area contributed by atoms with Crippen molar-refractivity contribution in [2.45, 2.75) is 13.1 Å². The lowest BCUT2D eigenvalue weighted by Crippen LogP contribution is -2.40. The van der Waals surface area contributed by atoms with Crippen molar-refractivity contribution in [2.24, 2.45) is 5.73 Å². The smallest absolute Gasteiger partial charge is 0.160 e. The van der Waals surface area contributed by atoms with Crippen LogP contribution in [0.4, 0.5) is 0 Å². The van der Waals surface area contributed by atoms with Crippen molar-refractivity contribution in [2.75, 3.05) is 7.05 Å². The molecule has 0 radical (unpaired) electrons. The van der Waals surface area contributed by atoms with E-state index in [9.17, 15) is 4.79 Å². The van der Waals surface area contributed by atoms with E-state index in [1.165, 1.54) is 6.92 Å². The maximum Gasteiger partial charge on any atom is 0.160 e. The maximum atomic E-state index is 10.2. The van der Waals surface area contributed by atoms with E-state index in [0.717, 1.165) is 0 Å². The molecule has 0 heterocycles. The molecular formula is C4H10N2O. The normalized spacial score (nSPS) is 13.6. The number of ketones is 1. The fourth-order valence-electron chi connectivity index (χ4n) is 0.203. The molecule has 0 aromatic rings. The number of hydrogen-bond acceptors (Lipinski definition) is 3. The molecule has 0 saturated heterocycles. The maximum absolute atomic E-state index is 10.2. The highest BCUT2D eigenvalue weighted by atomic mass is 16.1. The van der Waals surface area contributed by atoms with Crippen LogP contribution in [0.15, 0.2) is 0 Å². The second-order valence-electron chi connectivity index (χ2n) is 1.38. The molecule has 3 N–H and O–H groups in total. The number of hydrogen-bond donors (Lipinski definition) is 2. The van der Waals surface area contributed by atoms with Gasteiger partial charge in [0.15, 0.2) is 5.78 Å². The topological polar surface area (TPSA) is 55.1 Å². The molecule has 0 aromatic carbocycles. The van der Waals surface area contributed by atoms with Gasteiger partial charge in [-0.05, 0) is 14.0 Å². The van der Waals surface area contributed by atoms with Gasteiger partial charge in [0.2, 0.25) is 0 Å². The van der Waals surface area contributed by atoms with Crippen LogP contribution in [0, 0.1) is 0 Å². The first-order chi connectivity index (χ1) is 3.18. The van der Waals surface area contributed by atoms with E-state index in [0.29, 0.717) is 0 Å². The van der Waals surface area contributed by atoms with E-state index >= 15 is 0 Å². The molecule has 0 spiro atoms. The minimum Gasteiger partial charge on any atom is -0.310 e. The monoisotopic (exact) mass is 102 g/mol. The summed E-state index contributed by atoms with van der Waals surface area (Å²) in [5, 5.41) is 2.59. The fourth-order valence-corrected chi connectivity index (χ4v) is 0.203. The van der Waals surface area contributed by atoms with Crippen LogP contribution in [0.25, 0.3) is 0 Å². The van der Waals surface area contributed by atoms with Crippen LogP contribution >= 0.6 is 0 Å². The summed E-state index contributed by atoms with van der Waals surface area (Å²) in [6, 6.07) is 0. The first-order valence-electron chi connectivity index (χ1n) is 2.11. The molecule has 42 valence electrons. The molecule has 3 nitrogen and oxygen atoms in total. The molecule has 0 bridgehead atoms. The van der Waals surface area contributed by atoms with Gasteiger partial charge in [-0.3, -0.25) is 10.1 Å². The van der Waals surface area contributed by atoms with Crippen LogP contribution in [0.3, 0.4) is 0 Å². The van der Waals surface area contributed by atoms with E-state index in [4.69, 9.17) is 5.73 Å². The molecule has 0 unspecified atom stereocenters. The Morgan fingerprint density at radius 2 is 2.29 bits per heavy atom. The Morgan fingerprint density at radius 3 is 2.29 bits per heavy atom. The lowest BCUT2D eigenvalue weighted by molar-refractivity contribution is -0.118. The summed E-state index contributed by atoms with van der Waals surface area (Å²) in [4.78, 5) is 10.2. The van der Waals surface area contributed by atoms with Gasteiger partial charge in [0.1, 0.15) is 6.17 Å². The predicted octanol–water partition coefficient (Wildman–Crippen LogP) is -0.920. The number of nitrogens with two attached hydrogens (primary N) is 1. The Bertz CT molecular complexity index is 72.1. The summed E-state index contributed by atoms with van der Waals surface area (Å²) < 4.78 is 0. The molecule has 0 aliphatic carbocycles. The van der Waals surface area contributed by atoms with Crippen LogP contribution in [-0.2, 0) is 4.79 Å². The zero-order valence-electron chi connectivity index (χ0n) is 4.56. The lowest BCUT2D eigenvalue weighted by atomic mass is 10.4. The first-order valence-corrected chi connectivity index (χ1v) is 2.11. The molecule has 0 aliphatic heterocycles. The summed E-state index contributed by atoms with van der Waals surface area (Å²) in [5.41, 5.74) is 5.16. The number of Topliss-reactive ketones (excluding diaryl/α,β-unsaturated/α-hetero) is 1. The van der Waals surface area contributed by atoms with Gasteiger partial charge in [-0.15, -0.1) is 0 Å². The third-order valence-corrected chi connectivity index (χ3v) is 0.749. The standard InChI is InChI=1S/C4H10N2O/c1-3(7)4(5)6-2/h4,6H,5H2,1-2H3/t4-/m1/s1. The van der Waals surface area contributed by atoms with Crippen molar-refractivity contribution in [3.05, 3.63) is 0 Å². The van der Waals surface area contributed by atoms with Gasteiger partial charge in [0, 0.05) is 0 Å². The van der Waals surface area contributed by atoms with E-state index < -0.39 is 6.17 Å². The molecule has 3 heteroatoms. The van der Waals surface area contributed by atoms with Crippen molar-refractivity contribution in [1.82, 2.24) is 5.32 Å². The molecule has 0 aliphatic rings. The Hall–Kier alpha value is -0.410. The van der Waals surface area contributed by atoms with Gasteiger partial charge in [0.05, 0.1) is 0 Å². The summed E-state index contributed by atoms with van der Waals surface area (Å²) in [6.07, 6.45) is -0.486. The Labute approximate surface area is 42.9 Å². The summed E-state index contributed by atoms with van der Waals surface area (Å²) in [5.74, 6) is -0.0394. The first kappa shape index (κ1) is 6.59. The summed E-state index contributed by atoms with van der Waals surface area (Å²) in [6.45, 7) is 1.45. The van der Waals surface area contributed by atoms with E-state index in [1.807, 2.05) is 0 Å². The average Bonchev–Trinajstić information content (AvgIpc) is 1.65. The van der Waals surface area contributed by atoms with Crippen LogP contribution in [0.2, 0.25) is 0 Å². The van der Waals surface area contributed by atoms with Crippen molar-refractivity contribution < 1.29 is 4.79 Å². The number of nitrogens with one attached hydrogen (secondary N) is 1. The lowest BCUT2D eigenvalue weighted by Gasteiger charge is -2.01. The third kappa shape index (κ3) is 2.31. The van der Waals surface area contributed by atoms with Gasteiger partial charge in [-0.2, -0.15) is 0 Å². The van der Waals surface area contributed by atoms with Crippen LogP contribution in [-0.4, -0.2) is 19.0 Å². The zero-order chi connectivity index (χ0) is 5.86. The molecular weight excluding hydrogens is 92.1 g/mol. The minimum atomic E-state index is -0.486. The summed E-state index contributed by atoms with van der Waals surface area (Å²) >= 11 is 0. The van der Waals surface area contributed by atoms with Crippen LogP contribution in [0.5, 0.6) is 0 Å². The van der Waals surface area contributed by atoms with Crippen molar-refractivity contribution in [1.29, 1.82) is 0 Å². The molecule has 0 fully saturated rings. The van der Waals surface area contributed by atoms with E-state index in [-0.39, 0.29) is 5.78 Å². The second kappa shape index (κ2) is 2.71. The summed E-state index contributed by atoms with van der Waals surface area (Å²) in [7, 11) is 1.64. The second-order valence-corrected chi connectivity index (χ2v) is 1.38. The van der Waals surface area contributed by atoms with Gasteiger partial charge in [-0.1, -0.05) is 0 Å². The van der Waals surface area contributed by atoms with Crippen LogP contribution in [0.1, 0.15) is 6.92 Å². The Balaban J connectivity index is 3.34. The molecule has 0 saturated carbocycles. The number of likely N-dealkylation sites (N-methyl/N-ethyl adjacent to an activating group) is 1. The molecule has 0 aromatic heterocycles. The van der Waals surface area contributed by atoms with Gasteiger partial charge >= 0.3 is 0 Å². The molecule has 7 heavy (non-hydrogen) atoms. The predicted molar refractivity (Wildman–Crippen MR) is 27.7 cm³/mol. The molecule has 0 amide bonds. The van der Waals surface area contributed by atoms with Crippen molar-refractivity contribution in [3.63, 3.8) is 0 Å². The average molecular weight is 102 g/mol. The SMILES string of the molecule is CN[C@@H](N)C(C)=O. The van der Waals surface area contributed by atoms with Crippen molar-refractivity contribution >= 4 is 5.78 Å². The largest absolute Gasteiger partial charge is 0.310 e. The fraction of sp³-hybridized carbons (Fsp3) is 0.750. The quantitative estimate of drug-likeness (QED) is 0.443. The minimum absolute atomic E-state index is 0.0394. The highest BCUT2D eigenvalue weighted by molar-refractivity contribution is 5.80.